The Labute approximate surface area is 62.1 Å². The minimum Gasteiger partial charge on any atom is -0.268 e. The molecule has 0 rings (SSSR count). The van der Waals surface area contributed by atoms with Crippen LogP contribution in [-0.4, -0.2) is 19.0 Å². The molecule has 0 bridgehead atoms. The first-order valence-electron chi connectivity index (χ1n) is 2.41. The summed E-state index contributed by atoms with van der Waals surface area (Å²) in [6.07, 6.45) is -14.3. The fourth-order valence-electron chi connectivity index (χ4n) is 0.224. The molecule has 0 unspecified atom stereocenters. The van der Waals surface area contributed by atoms with Gasteiger partial charge in [0, 0.05) is 0 Å². The Morgan fingerprint density at radius 1 is 1.08 bits per heavy atom. The van der Waals surface area contributed by atoms with Gasteiger partial charge in [-0.05, 0) is 0 Å². The van der Waals surface area contributed by atoms with Gasteiger partial charge >= 0.3 is 18.6 Å². The lowest BCUT2D eigenvalue weighted by atomic mass is 10.6. The first-order valence-corrected chi connectivity index (χ1v) is 2.41. The predicted molar refractivity (Wildman–Crippen MR) is 22.4 cm³/mol. The minimum atomic E-state index is -6.06. The fourth-order valence-corrected chi connectivity index (χ4v) is 0.224. The summed E-state index contributed by atoms with van der Waals surface area (Å²) in [6, 6.07) is 0. The smallest absolute Gasteiger partial charge is 0.268 e. The van der Waals surface area contributed by atoms with Crippen LogP contribution in [0, 0.1) is 6.36 Å². The lowest BCUT2D eigenvalue weighted by molar-refractivity contribution is -0.395. The maximum Gasteiger partial charge on any atom is 0.483 e. The molecular weight excluding hydrogens is 197 g/mol. The highest BCUT2D eigenvalue weighted by Crippen LogP contribution is 2.38. The normalized spacial score (nSPS) is 14.0. The van der Waals surface area contributed by atoms with Crippen LogP contribution < -0.4 is 0 Å². The summed E-state index contributed by atoms with van der Waals surface area (Å²) in [5, 5.41) is 0. The van der Waals surface area contributed by atoms with Gasteiger partial charge in [-0.1, -0.05) is 0 Å². The Bertz CT molecular complexity index is 141. The Balaban J connectivity index is 4.22. The summed E-state index contributed by atoms with van der Waals surface area (Å²) >= 11 is 0. The fraction of sp³-hybridized carbons (Fsp3) is 0.750. The van der Waals surface area contributed by atoms with Crippen molar-refractivity contribution < 1.29 is 35.5 Å². The summed E-state index contributed by atoms with van der Waals surface area (Å²) < 4.78 is 81.6. The molecule has 0 saturated heterocycles. The lowest BCUT2D eigenvalue weighted by Gasteiger charge is -2.19. The maximum atomic E-state index is 11.6. The zero-order chi connectivity index (χ0) is 9.99. The first-order chi connectivity index (χ1) is 5.20. The number of halogens is 7. The lowest BCUT2D eigenvalue weighted by Crippen LogP contribution is -2.39. The average Bonchev–Trinajstić information content (AvgIpc) is 1.84. The molecule has 73 valence electrons. The van der Waals surface area contributed by atoms with E-state index in [1.165, 1.54) is 0 Å². The van der Waals surface area contributed by atoms with Gasteiger partial charge in [0.2, 0.25) is 0 Å². The van der Waals surface area contributed by atoms with Gasteiger partial charge in [0.15, 0.2) is 6.67 Å². The van der Waals surface area contributed by atoms with E-state index in [2.05, 4.69) is 4.74 Å². The van der Waals surface area contributed by atoms with Crippen LogP contribution >= 0.6 is 0 Å². The summed E-state index contributed by atoms with van der Waals surface area (Å²) in [6.45, 7) is -2.15. The third-order valence-electron chi connectivity index (χ3n) is 0.674. The molecule has 0 aliphatic carbocycles. The third-order valence-corrected chi connectivity index (χ3v) is 0.674. The average molecular weight is 199 g/mol. The molecular formula is C4H2F7O. The Morgan fingerprint density at radius 3 is 1.75 bits per heavy atom. The molecule has 12 heavy (non-hydrogen) atoms. The van der Waals surface area contributed by atoms with E-state index in [0.29, 0.717) is 0 Å². The van der Waals surface area contributed by atoms with E-state index in [9.17, 15) is 30.7 Å². The van der Waals surface area contributed by atoms with Gasteiger partial charge in [-0.3, -0.25) is 4.74 Å². The Kier molecular flexibility index (Phi) is 3.31. The number of hydrogen-bond acceptors (Lipinski definition) is 1. The summed E-state index contributed by atoms with van der Waals surface area (Å²) in [4.78, 5) is 0. The Morgan fingerprint density at radius 2 is 1.50 bits per heavy atom. The van der Waals surface area contributed by atoms with Crippen LogP contribution in [-0.2, 0) is 4.74 Å². The third kappa shape index (κ3) is 2.84. The predicted octanol–water partition coefficient (Wildman–Crippen LogP) is 2.59. The summed E-state index contributed by atoms with van der Waals surface area (Å²) in [7, 11) is 0. The molecule has 0 atom stereocenters. The van der Waals surface area contributed by atoms with Crippen LogP contribution in [0.1, 0.15) is 0 Å². The van der Waals surface area contributed by atoms with E-state index in [4.69, 9.17) is 0 Å². The quantitative estimate of drug-likeness (QED) is 0.634. The molecule has 0 aromatic rings. The molecule has 0 aromatic carbocycles. The van der Waals surface area contributed by atoms with Crippen molar-refractivity contribution in [1.82, 2.24) is 0 Å². The largest absolute Gasteiger partial charge is 0.483 e. The Hall–Kier alpha value is -0.530. The number of ether oxygens (including phenoxy) is 1. The van der Waals surface area contributed by atoms with Crippen LogP contribution in [0.2, 0.25) is 0 Å². The van der Waals surface area contributed by atoms with Crippen LogP contribution in [0.3, 0.4) is 0 Å². The van der Waals surface area contributed by atoms with E-state index in [-0.39, 0.29) is 0 Å². The molecule has 1 nitrogen and oxygen atoms in total. The van der Waals surface area contributed by atoms with Gasteiger partial charge in [0.05, 0.1) is 0 Å². The SMILES string of the molecule is FC[C](F)OC(F)(F)C(F)(F)F. The number of hydrogen-bond donors (Lipinski definition) is 0. The highest BCUT2D eigenvalue weighted by atomic mass is 19.4. The maximum absolute atomic E-state index is 11.6. The van der Waals surface area contributed by atoms with Crippen molar-refractivity contribution in [3.05, 3.63) is 6.36 Å². The molecule has 1 radical (unpaired) electrons. The van der Waals surface area contributed by atoms with Crippen molar-refractivity contribution in [2.45, 2.75) is 12.3 Å². The minimum absolute atomic E-state index is 2.15. The van der Waals surface area contributed by atoms with Crippen molar-refractivity contribution in [2.75, 3.05) is 6.67 Å². The van der Waals surface area contributed by atoms with Crippen molar-refractivity contribution in [3.63, 3.8) is 0 Å². The number of rotatable bonds is 3. The molecule has 0 saturated carbocycles. The first kappa shape index (κ1) is 11.5. The van der Waals surface area contributed by atoms with Crippen LogP contribution in [0.4, 0.5) is 30.7 Å². The second-order valence-electron chi connectivity index (χ2n) is 1.61. The molecule has 0 spiro atoms. The van der Waals surface area contributed by atoms with E-state index in [1.807, 2.05) is 0 Å². The molecule has 0 fully saturated rings. The highest BCUT2D eigenvalue weighted by Gasteiger charge is 2.61. The van der Waals surface area contributed by atoms with E-state index >= 15 is 0 Å². The molecule has 0 amide bonds. The van der Waals surface area contributed by atoms with E-state index in [0.717, 1.165) is 0 Å². The van der Waals surface area contributed by atoms with E-state index < -0.39 is 25.3 Å². The molecule has 0 heterocycles. The van der Waals surface area contributed by atoms with Gasteiger partial charge in [-0.2, -0.15) is 22.0 Å². The highest BCUT2D eigenvalue weighted by molar-refractivity contribution is 4.71. The molecule has 0 aromatic heterocycles. The standard InChI is InChI=1S/C4H2F7O/c5-1-2(6)12-4(10,11)3(7,8)9/h1H2. The second-order valence-corrected chi connectivity index (χ2v) is 1.61. The van der Waals surface area contributed by atoms with Crippen molar-refractivity contribution >= 4 is 0 Å². The van der Waals surface area contributed by atoms with Gasteiger partial charge in [-0.15, -0.1) is 0 Å². The van der Waals surface area contributed by atoms with Crippen LogP contribution in [0.25, 0.3) is 0 Å². The molecule has 0 aliphatic heterocycles. The topological polar surface area (TPSA) is 9.23 Å². The molecule has 8 heteroatoms. The second kappa shape index (κ2) is 3.46. The van der Waals surface area contributed by atoms with Gasteiger partial charge in [-0.25, -0.2) is 8.78 Å². The van der Waals surface area contributed by atoms with Crippen molar-refractivity contribution in [3.8, 4) is 0 Å². The van der Waals surface area contributed by atoms with Crippen molar-refractivity contribution in [2.24, 2.45) is 0 Å². The van der Waals surface area contributed by atoms with Crippen LogP contribution in [0.5, 0.6) is 0 Å². The van der Waals surface area contributed by atoms with Crippen LogP contribution in [0.15, 0.2) is 0 Å². The number of alkyl halides is 6. The monoisotopic (exact) mass is 199 g/mol. The van der Waals surface area contributed by atoms with Gasteiger partial charge in [0.1, 0.15) is 0 Å². The van der Waals surface area contributed by atoms with Gasteiger partial charge in [0.25, 0.3) is 0 Å². The zero-order valence-corrected chi connectivity index (χ0v) is 5.26. The van der Waals surface area contributed by atoms with Crippen molar-refractivity contribution in [1.29, 1.82) is 0 Å². The molecule has 0 N–H and O–H groups in total. The zero-order valence-electron chi connectivity index (χ0n) is 5.26. The van der Waals surface area contributed by atoms with Gasteiger partial charge < -0.3 is 0 Å². The summed E-state index contributed by atoms with van der Waals surface area (Å²) in [5.74, 6) is 0. The summed E-state index contributed by atoms with van der Waals surface area (Å²) in [5.41, 5.74) is 0. The van der Waals surface area contributed by atoms with E-state index in [1.54, 1.807) is 0 Å². The molecule has 0 aliphatic rings.